The molecule has 4 aliphatic rings. The number of nitrogens with one attached hydrogen (secondary N) is 1. The molecule has 5 rings (SSSR count). The van der Waals surface area contributed by atoms with Crippen molar-refractivity contribution in [3.8, 4) is 0 Å². The second kappa shape index (κ2) is 6.92. The van der Waals surface area contributed by atoms with Crippen LogP contribution in [0.2, 0.25) is 0 Å². The van der Waals surface area contributed by atoms with E-state index >= 15 is 0 Å². The molecular formula is C24H34N2O. The number of hydrogen-bond acceptors (Lipinski definition) is 2. The number of rotatable bonds is 4. The normalized spacial score (nSPS) is 34.1. The van der Waals surface area contributed by atoms with Gasteiger partial charge >= 0.3 is 0 Å². The van der Waals surface area contributed by atoms with Crippen molar-refractivity contribution in [3.63, 3.8) is 0 Å². The molecule has 27 heavy (non-hydrogen) atoms. The number of fused-ring (bicyclic) bond motifs is 4. The number of amides is 1. The first-order chi connectivity index (χ1) is 13.2. The number of hydrogen-bond donors (Lipinski definition) is 1. The molecule has 1 aromatic rings. The predicted molar refractivity (Wildman–Crippen MR) is 109 cm³/mol. The summed E-state index contributed by atoms with van der Waals surface area (Å²) in [6, 6.07) is 8.98. The van der Waals surface area contributed by atoms with Gasteiger partial charge in [0.25, 0.3) is 0 Å². The van der Waals surface area contributed by atoms with Crippen LogP contribution < -0.4 is 5.32 Å². The zero-order valence-corrected chi connectivity index (χ0v) is 16.8. The second-order valence-corrected chi connectivity index (χ2v) is 9.88. The molecule has 2 bridgehead atoms. The first-order valence-corrected chi connectivity index (χ1v) is 11.2. The molecule has 1 heterocycles. The highest BCUT2D eigenvalue weighted by Gasteiger charge is 2.46. The minimum atomic E-state index is 0.181. The first-order valence-electron chi connectivity index (χ1n) is 11.2. The average molecular weight is 367 g/mol. The molecule has 1 N–H and O–H groups in total. The lowest BCUT2D eigenvalue weighted by atomic mass is 9.73. The van der Waals surface area contributed by atoms with Crippen LogP contribution in [0.5, 0.6) is 0 Å². The van der Waals surface area contributed by atoms with Gasteiger partial charge in [-0.1, -0.05) is 30.7 Å². The van der Waals surface area contributed by atoms with E-state index in [9.17, 15) is 4.79 Å². The summed E-state index contributed by atoms with van der Waals surface area (Å²) in [5.74, 6) is 3.66. The Labute approximate surface area is 163 Å². The third-order valence-electron chi connectivity index (χ3n) is 8.51. The molecule has 3 aliphatic carbocycles. The SMILES string of the molecule is CNC(=O)C[C@@H]1CC2(CCN(C[C@H]3C[C@H]4CC[C@@H]3C4)CC2)c2ccccc21. The van der Waals surface area contributed by atoms with Gasteiger partial charge in [-0.2, -0.15) is 0 Å². The summed E-state index contributed by atoms with van der Waals surface area (Å²) in [6.45, 7) is 3.84. The van der Waals surface area contributed by atoms with Gasteiger partial charge in [0.15, 0.2) is 0 Å². The van der Waals surface area contributed by atoms with E-state index in [4.69, 9.17) is 0 Å². The van der Waals surface area contributed by atoms with Crippen molar-refractivity contribution >= 4 is 5.91 Å². The Morgan fingerprint density at radius 1 is 1.19 bits per heavy atom. The predicted octanol–water partition coefficient (Wildman–Crippen LogP) is 4.08. The smallest absolute Gasteiger partial charge is 0.220 e. The minimum absolute atomic E-state index is 0.181. The van der Waals surface area contributed by atoms with Gasteiger partial charge < -0.3 is 10.2 Å². The fourth-order valence-electron chi connectivity index (χ4n) is 7.10. The van der Waals surface area contributed by atoms with Crippen molar-refractivity contribution in [2.75, 3.05) is 26.7 Å². The molecule has 0 aromatic heterocycles. The number of piperidine rings is 1. The van der Waals surface area contributed by atoms with Crippen molar-refractivity contribution < 1.29 is 4.79 Å². The van der Waals surface area contributed by atoms with Crippen LogP contribution in [0.25, 0.3) is 0 Å². The topological polar surface area (TPSA) is 32.3 Å². The van der Waals surface area contributed by atoms with Gasteiger partial charge in [-0.3, -0.25) is 4.79 Å². The van der Waals surface area contributed by atoms with Crippen LogP contribution in [0.15, 0.2) is 24.3 Å². The fraction of sp³-hybridized carbons (Fsp3) is 0.708. The van der Waals surface area contributed by atoms with Crippen LogP contribution >= 0.6 is 0 Å². The highest BCUT2D eigenvalue weighted by Crippen LogP contribution is 2.53. The Morgan fingerprint density at radius 3 is 2.70 bits per heavy atom. The molecule has 2 saturated carbocycles. The Bertz CT molecular complexity index is 706. The number of carbonyl (C=O) groups excluding carboxylic acids is 1. The summed E-state index contributed by atoms with van der Waals surface area (Å²) in [5.41, 5.74) is 3.32. The number of benzene rings is 1. The maximum atomic E-state index is 12.0. The minimum Gasteiger partial charge on any atom is -0.359 e. The summed E-state index contributed by atoms with van der Waals surface area (Å²) < 4.78 is 0. The molecule has 0 unspecified atom stereocenters. The zero-order chi connectivity index (χ0) is 18.4. The van der Waals surface area contributed by atoms with Crippen molar-refractivity contribution in [1.29, 1.82) is 0 Å². The largest absolute Gasteiger partial charge is 0.359 e. The maximum absolute atomic E-state index is 12.0. The van der Waals surface area contributed by atoms with Crippen molar-refractivity contribution in [3.05, 3.63) is 35.4 Å². The van der Waals surface area contributed by atoms with Crippen LogP contribution in [0.4, 0.5) is 0 Å². The quantitative estimate of drug-likeness (QED) is 0.871. The molecule has 3 heteroatoms. The van der Waals surface area contributed by atoms with Gasteiger partial charge in [0.05, 0.1) is 0 Å². The Kier molecular flexibility index (Phi) is 4.54. The average Bonchev–Trinajstić information content (AvgIpc) is 3.39. The lowest BCUT2D eigenvalue weighted by Crippen LogP contribution is -2.44. The van der Waals surface area contributed by atoms with E-state index in [-0.39, 0.29) is 5.91 Å². The first kappa shape index (κ1) is 17.7. The Morgan fingerprint density at radius 2 is 2.00 bits per heavy atom. The summed E-state index contributed by atoms with van der Waals surface area (Å²) in [7, 11) is 1.76. The highest BCUT2D eigenvalue weighted by atomic mass is 16.1. The van der Waals surface area contributed by atoms with Gasteiger partial charge in [0, 0.05) is 20.0 Å². The van der Waals surface area contributed by atoms with Gasteiger partial charge in [-0.15, -0.1) is 0 Å². The van der Waals surface area contributed by atoms with Crippen LogP contribution in [0.1, 0.15) is 68.4 Å². The third-order valence-corrected chi connectivity index (χ3v) is 8.51. The molecule has 3 fully saturated rings. The number of nitrogens with zero attached hydrogens (tertiary/aromatic N) is 1. The van der Waals surface area contributed by atoms with Crippen molar-refractivity contribution in [2.24, 2.45) is 17.8 Å². The van der Waals surface area contributed by atoms with E-state index in [0.717, 1.165) is 17.8 Å². The van der Waals surface area contributed by atoms with E-state index in [0.29, 0.717) is 17.8 Å². The molecular weight excluding hydrogens is 332 g/mol. The molecule has 1 saturated heterocycles. The van der Waals surface area contributed by atoms with Crippen LogP contribution in [-0.2, 0) is 10.2 Å². The van der Waals surface area contributed by atoms with Crippen LogP contribution in [0.3, 0.4) is 0 Å². The summed E-state index contributed by atoms with van der Waals surface area (Å²) in [4.78, 5) is 14.8. The van der Waals surface area contributed by atoms with E-state index in [1.165, 1.54) is 70.1 Å². The molecule has 146 valence electrons. The van der Waals surface area contributed by atoms with E-state index in [2.05, 4.69) is 34.5 Å². The standard InChI is InChI=1S/C24H34N2O/c1-25-23(27)14-19-15-24(22-5-3-2-4-21(19)22)8-10-26(11-9-24)16-20-13-17-6-7-18(20)12-17/h2-5,17-20H,6-16H2,1H3,(H,25,27)/t17-,18+,19+,20+/m0/s1. The zero-order valence-electron chi connectivity index (χ0n) is 16.8. The van der Waals surface area contributed by atoms with Gasteiger partial charge in [-0.25, -0.2) is 0 Å². The van der Waals surface area contributed by atoms with Gasteiger partial charge in [0.2, 0.25) is 5.91 Å². The fourth-order valence-corrected chi connectivity index (χ4v) is 7.10. The monoisotopic (exact) mass is 366 g/mol. The van der Waals surface area contributed by atoms with E-state index in [1.54, 1.807) is 12.6 Å². The lowest BCUT2D eigenvalue weighted by Gasteiger charge is -2.42. The van der Waals surface area contributed by atoms with Gasteiger partial charge in [-0.05, 0) is 91.8 Å². The lowest BCUT2D eigenvalue weighted by molar-refractivity contribution is -0.121. The van der Waals surface area contributed by atoms with Crippen LogP contribution in [-0.4, -0.2) is 37.5 Å². The Hall–Kier alpha value is -1.35. The summed E-state index contributed by atoms with van der Waals surface area (Å²) in [6.07, 6.45) is 10.4. The molecule has 1 aromatic carbocycles. The summed E-state index contributed by atoms with van der Waals surface area (Å²) >= 11 is 0. The number of likely N-dealkylation sites (tertiary alicyclic amines) is 1. The van der Waals surface area contributed by atoms with Crippen molar-refractivity contribution in [2.45, 2.75) is 62.7 Å². The van der Waals surface area contributed by atoms with E-state index in [1.807, 2.05) is 0 Å². The Balaban J connectivity index is 1.26. The molecule has 3 nitrogen and oxygen atoms in total. The third kappa shape index (κ3) is 3.12. The van der Waals surface area contributed by atoms with Crippen LogP contribution in [0, 0.1) is 17.8 Å². The molecule has 4 atom stereocenters. The highest BCUT2D eigenvalue weighted by molar-refractivity contribution is 5.77. The molecule has 1 aliphatic heterocycles. The maximum Gasteiger partial charge on any atom is 0.220 e. The summed E-state index contributed by atoms with van der Waals surface area (Å²) in [5, 5.41) is 2.83. The van der Waals surface area contributed by atoms with Crippen molar-refractivity contribution in [1.82, 2.24) is 10.2 Å². The molecule has 1 spiro atoms. The second-order valence-electron chi connectivity index (χ2n) is 9.88. The molecule has 0 radical (unpaired) electrons. The van der Waals surface area contributed by atoms with E-state index < -0.39 is 0 Å². The molecule has 1 amide bonds. The number of carbonyl (C=O) groups is 1. The van der Waals surface area contributed by atoms with Gasteiger partial charge in [0.1, 0.15) is 0 Å².